The smallest absolute Gasteiger partial charge is 0.370 e. The van der Waals surface area contributed by atoms with Crippen LogP contribution in [0.2, 0.25) is 0 Å². The van der Waals surface area contributed by atoms with E-state index in [-0.39, 0.29) is 43.3 Å². The molecule has 0 saturated carbocycles. The van der Waals surface area contributed by atoms with Gasteiger partial charge in [0.25, 0.3) is 0 Å². The number of hydrogen-bond donors (Lipinski definition) is 2. The molecule has 1 unspecified atom stereocenters. The summed E-state index contributed by atoms with van der Waals surface area (Å²) in [4.78, 5) is 23.4. The van der Waals surface area contributed by atoms with Gasteiger partial charge >= 0.3 is 12.4 Å². The molecule has 4 heterocycles. The van der Waals surface area contributed by atoms with E-state index in [1.165, 1.54) is 4.90 Å². The number of anilines is 1. The van der Waals surface area contributed by atoms with E-state index in [4.69, 9.17) is 4.74 Å². The van der Waals surface area contributed by atoms with Crippen LogP contribution >= 0.6 is 0 Å². The Kier molecular flexibility index (Phi) is 7.78. The predicted octanol–water partition coefficient (Wildman–Crippen LogP) is 1.78. The number of aromatic nitrogens is 4. The largest absolute Gasteiger partial charge is 0.435 e. The standard InChI is InChI=1S/C21H24F6N8O3/c1-33(13-2-4-34(5-3-13)19-28-8-12(9-29-19)20(22,23)24)15(36)11-38-7-6-35-14-10-30-31-18(37)16(14)17(32-35)21(25,26)27/h8-10,13,18,31,37H,2-7,11H2,1H3. The Balaban J connectivity index is 1.25. The molecule has 17 heteroatoms. The lowest BCUT2D eigenvalue weighted by Gasteiger charge is -2.36. The molecule has 4 rings (SSSR count). The summed E-state index contributed by atoms with van der Waals surface area (Å²) < 4.78 is 84.4. The zero-order valence-corrected chi connectivity index (χ0v) is 20.0. The fraction of sp³-hybridized carbons (Fsp3) is 0.571. The number of ether oxygens (including phenoxy) is 1. The number of alkyl halides is 6. The van der Waals surface area contributed by atoms with Crippen LogP contribution in [0.25, 0.3) is 0 Å². The lowest BCUT2D eigenvalue weighted by molar-refractivity contribution is -0.143. The monoisotopic (exact) mass is 550 g/mol. The Morgan fingerprint density at radius 3 is 2.42 bits per heavy atom. The van der Waals surface area contributed by atoms with E-state index in [1.54, 1.807) is 11.9 Å². The highest BCUT2D eigenvalue weighted by molar-refractivity contribution is 5.81. The number of nitrogens with zero attached hydrogens (tertiary/aromatic N) is 7. The number of rotatable bonds is 7. The lowest BCUT2D eigenvalue weighted by Crippen LogP contribution is -2.47. The Labute approximate surface area is 212 Å². The van der Waals surface area contributed by atoms with Crippen molar-refractivity contribution in [2.45, 2.75) is 44.0 Å². The molecule has 1 amide bonds. The molecule has 2 aliphatic heterocycles. The van der Waals surface area contributed by atoms with Gasteiger partial charge in [0.1, 0.15) is 6.61 Å². The van der Waals surface area contributed by atoms with Crippen LogP contribution in [0.1, 0.15) is 41.6 Å². The van der Waals surface area contributed by atoms with E-state index in [9.17, 15) is 36.2 Å². The highest BCUT2D eigenvalue weighted by atomic mass is 19.4. The molecule has 0 spiro atoms. The number of carbonyl (C=O) groups excluding carboxylic acids is 1. The molecule has 0 bridgehead atoms. The maximum absolute atomic E-state index is 13.3. The minimum Gasteiger partial charge on any atom is -0.370 e. The van der Waals surface area contributed by atoms with Gasteiger partial charge in [0.05, 0.1) is 36.2 Å². The molecule has 2 aliphatic rings. The van der Waals surface area contributed by atoms with Crippen molar-refractivity contribution < 1.29 is 41.0 Å². The summed E-state index contributed by atoms with van der Waals surface area (Å²) in [5, 5.41) is 17.0. The van der Waals surface area contributed by atoms with Crippen LogP contribution in [0, 0.1) is 0 Å². The highest BCUT2D eigenvalue weighted by Gasteiger charge is 2.42. The summed E-state index contributed by atoms with van der Waals surface area (Å²) in [7, 11) is 1.60. The molecule has 208 valence electrons. The van der Waals surface area contributed by atoms with E-state index < -0.39 is 35.4 Å². The third-order valence-corrected chi connectivity index (χ3v) is 6.28. The molecule has 11 nitrogen and oxygen atoms in total. The van der Waals surface area contributed by atoms with Gasteiger partial charge in [-0.3, -0.25) is 14.9 Å². The first-order valence-corrected chi connectivity index (χ1v) is 11.5. The van der Waals surface area contributed by atoms with E-state index in [0.717, 1.165) is 23.3 Å². The first-order chi connectivity index (χ1) is 17.9. The Bertz CT molecular complexity index is 1160. The van der Waals surface area contributed by atoms with Crippen LogP contribution in [0.15, 0.2) is 17.5 Å². The molecule has 2 aromatic rings. The Morgan fingerprint density at radius 2 is 1.82 bits per heavy atom. The molecule has 1 atom stereocenters. The Hall–Kier alpha value is -3.47. The van der Waals surface area contributed by atoms with Gasteiger partial charge < -0.3 is 19.6 Å². The van der Waals surface area contributed by atoms with Crippen LogP contribution in [0.5, 0.6) is 0 Å². The number of nitrogens with one attached hydrogen (secondary N) is 1. The summed E-state index contributed by atoms with van der Waals surface area (Å²) >= 11 is 0. The fourth-order valence-electron chi connectivity index (χ4n) is 4.21. The quantitative estimate of drug-likeness (QED) is 0.396. The number of carbonyl (C=O) groups is 1. The first kappa shape index (κ1) is 27.6. The Morgan fingerprint density at radius 1 is 1.16 bits per heavy atom. The topological polar surface area (TPSA) is 121 Å². The van der Waals surface area contributed by atoms with Crippen LogP contribution < -0.4 is 10.3 Å². The zero-order valence-electron chi connectivity index (χ0n) is 20.0. The summed E-state index contributed by atoms with van der Waals surface area (Å²) in [6, 6.07) is -0.144. The third-order valence-electron chi connectivity index (χ3n) is 6.28. The van der Waals surface area contributed by atoms with Crippen molar-refractivity contribution in [3.8, 4) is 0 Å². The van der Waals surface area contributed by atoms with Crippen molar-refractivity contribution >= 4 is 18.1 Å². The minimum absolute atomic E-state index is 0.0144. The molecule has 1 fully saturated rings. The predicted molar refractivity (Wildman–Crippen MR) is 119 cm³/mol. The normalized spacial score (nSPS) is 18.3. The molecule has 0 radical (unpaired) electrons. The molecule has 0 aliphatic carbocycles. The van der Waals surface area contributed by atoms with Crippen molar-refractivity contribution in [3.63, 3.8) is 0 Å². The summed E-state index contributed by atoms with van der Waals surface area (Å²) in [6.07, 6.45) is -7.32. The number of aliphatic hydroxyl groups excluding tert-OH is 1. The molecular formula is C21H24F6N8O3. The number of amides is 1. The second-order valence-electron chi connectivity index (χ2n) is 8.70. The average Bonchev–Trinajstić information content (AvgIpc) is 3.26. The summed E-state index contributed by atoms with van der Waals surface area (Å²) in [5.41, 5.74) is -0.466. The molecule has 2 aromatic heterocycles. The lowest BCUT2D eigenvalue weighted by atomic mass is 10.0. The van der Waals surface area contributed by atoms with Gasteiger partial charge in [0.2, 0.25) is 11.9 Å². The SMILES string of the molecule is CN(C(=O)COCCn1nc(C(F)(F)F)c2c1C=NNC2O)C1CCN(c2ncc(C(F)(F)F)cn2)CC1. The van der Waals surface area contributed by atoms with Crippen LogP contribution in [-0.2, 0) is 28.4 Å². The number of piperidine rings is 1. The van der Waals surface area contributed by atoms with Gasteiger partial charge in [-0.2, -0.15) is 36.5 Å². The molecular weight excluding hydrogens is 526 g/mol. The van der Waals surface area contributed by atoms with Crippen molar-refractivity contribution in [2.75, 3.05) is 38.3 Å². The van der Waals surface area contributed by atoms with Crippen LogP contribution in [0.3, 0.4) is 0 Å². The van der Waals surface area contributed by atoms with Gasteiger partial charge in [-0.1, -0.05) is 0 Å². The number of likely N-dealkylation sites (N-methyl/N-ethyl adjacent to an activating group) is 1. The van der Waals surface area contributed by atoms with Gasteiger partial charge in [0, 0.05) is 38.6 Å². The van der Waals surface area contributed by atoms with Gasteiger partial charge in [-0.05, 0) is 12.8 Å². The van der Waals surface area contributed by atoms with Crippen molar-refractivity contribution in [3.05, 3.63) is 34.9 Å². The van der Waals surface area contributed by atoms with Crippen LogP contribution in [-0.4, -0.2) is 81.3 Å². The second kappa shape index (κ2) is 10.7. The van der Waals surface area contributed by atoms with E-state index in [2.05, 4.69) is 25.6 Å². The number of hydrazone groups is 1. The van der Waals surface area contributed by atoms with E-state index in [1.807, 2.05) is 0 Å². The molecule has 2 N–H and O–H groups in total. The molecule has 0 aromatic carbocycles. The maximum atomic E-state index is 13.3. The van der Waals surface area contributed by atoms with Crippen LogP contribution in [0.4, 0.5) is 32.3 Å². The zero-order chi connectivity index (χ0) is 27.7. The summed E-state index contributed by atoms with van der Waals surface area (Å²) in [6.45, 7) is 0.323. The average molecular weight is 550 g/mol. The number of halogens is 6. The first-order valence-electron chi connectivity index (χ1n) is 11.5. The second-order valence-corrected chi connectivity index (χ2v) is 8.70. The van der Waals surface area contributed by atoms with Crippen molar-refractivity contribution in [1.29, 1.82) is 0 Å². The number of aliphatic hydroxyl groups is 1. The highest BCUT2D eigenvalue weighted by Crippen LogP contribution is 2.35. The van der Waals surface area contributed by atoms with Crippen molar-refractivity contribution in [1.82, 2.24) is 30.1 Å². The van der Waals surface area contributed by atoms with E-state index in [0.29, 0.717) is 25.9 Å². The van der Waals surface area contributed by atoms with Crippen molar-refractivity contribution in [2.24, 2.45) is 5.10 Å². The number of hydrogen-bond acceptors (Lipinski definition) is 9. The molecule has 38 heavy (non-hydrogen) atoms. The van der Waals surface area contributed by atoms with Gasteiger partial charge in [0.15, 0.2) is 11.9 Å². The fourth-order valence-corrected chi connectivity index (χ4v) is 4.21. The third kappa shape index (κ3) is 5.98. The van der Waals surface area contributed by atoms with E-state index >= 15 is 0 Å². The van der Waals surface area contributed by atoms with Gasteiger partial charge in [-0.25, -0.2) is 9.97 Å². The number of fused-ring (bicyclic) bond motifs is 1. The molecule has 1 saturated heterocycles. The maximum Gasteiger partial charge on any atom is 0.435 e. The van der Waals surface area contributed by atoms with Gasteiger partial charge in [-0.15, -0.1) is 0 Å². The minimum atomic E-state index is -4.78. The summed E-state index contributed by atoms with van der Waals surface area (Å²) in [5.74, 6) is -0.162.